The predicted molar refractivity (Wildman–Crippen MR) is 89.5 cm³/mol. The number of aliphatic hydroxyl groups excluding tert-OH is 1. The highest BCUT2D eigenvalue weighted by Crippen LogP contribution is 2.22. The Hall–Kier alpha value is -1.63. The molecule has 6 heteroatoms. The third kappa shape index (κ3) is 4.92. The fourth-order valence-corrected chi connectivity index (χ4v) is 2.83. The van der Waals surface area contributed by atoms with Gasteiger partial charge in [0.1, 0.15) is 5.75 Å². The average molecular weight is 321 g/mol. The minimum absolute atomic E-state index is 0.0185. The van der Waals surface area contributed by atoms with Gasteiger partial charge in [-0.05, 0) is 24.7 Å². The van der Waals surface area contributed by atoms with Crippen molar-refractivity contribution in [1.82, 2.24) is 15.1 Å². The first-order valence-electron chi connectivity index (χ1n) is 8.09. The van der Waals surface area contributed by atoms with Crippen molar-refractivity contribution in [2.75, 3.05) is 53.5 Å². The SMILES string of the molecule is COc1ccc(C(CO)N(C)CCC(=O)N2CCNCC2)cc1. The Labute approximate surface area is 138 Å². The quantitative estimate of drug-likeness (QED) is 0.765. The number of hydrogen-bond acceptors (Lipinski definition) is 5. The molecule has 6 nitrogen and oxygen atoms in total. The van der Waals surface area contributed by atoms with Gasteiger partial charge >= 0.3 is 0 Å². The van der Waals surface area contributed by atoms with Crippen molar-refractivity contribution in [2.45, 2.75) is 12.5 Å². The molecule has 0 aromatic heterocycles. The second-order valence-corrected chi connectivity index (χ2v) is 5.83. The Morgan fingerprint density at radius 3 is 2.57 bits per heavy atom. The summed E-state index contributed by atoms with van der Waals surface area (Å²) >= 11 is 0. The summed E-state index contributed by atoms with van der Waals surface area (Å²) in [6.07, 6.45) is 0.475. The van der Waals surface area contributed by atoms with Crippen molar-refractivity contribution < 1.29 is 14.6 Å². The van der Waals surface area contributed by atoms with E-state index in [0.29, 0.717) is 13.0 Å². The van der Waals surface area contributed by atoms with E-state index in [0.717, 1.165) is 37.5 Å². The van der Waals surface area contributed by atoms with E-state index in [9.17, 15) is 9.90 Å². The van der Waals surface area contributed by atoms with E-state index in [1.807, 2.05) is 41.1 Å². The van der Waals surface area contributed by atoms with Crippen molar-refractivity contribution in [3.05, 3.63) is 29.8 Å². The van der Waals surface area contributed by atoms with Crippen LogP contribution in [0.2, 0.25) is 0 Å². The number of carbonyl (C=O) groups excluding carboxylic acids is 1. The van der Waals surface area contributed by atoms with E-state index in [4.69, 9.17) is 4.74 Å². The number of rotatable bonds is 7. The smallest absolute Gasteiger partial charge is 0.223 e. The van der Waals surface area contributed by atoms with Gasteiger partial charge in [0, 0.05) is 39.1 Å². The Morgan fingerprint density at radius 1 is 1.35 bits per heavy atom. The first kappa shape index (κ1) is 17.7. The van der Waals surface area contributed by atoms with Crippen molar-refractivity contribution in [3.63, 3.8) is 0 Å². The number of nitrogens with one attached hydrogen (secondary N) is 1. The third-order valence-corrected chi connectivity index (χ3v) is 4.35. The molecule has 1 aliphatic heterocycles. The molecule has 0 aliphatic carbocycles. The van der Waals surface area contributed by atoms with E-state index in [1.165, 1.54) is 0 Å². The number of nitrogens with zero attached hydrogens (tertiary/aromatic N) is 2. The molecule has 2 N–H and O–H groups in total. The van der Waals surface area contributed by atoms with Crippen LogP contribution < -0.4 is 10.1 Å². The van der Waals surface area contributed by atoms with Crippen LogP contribution in [-0.2, 0) is 4.79 Å². The summed E-state index contributed by atoms with van der Waals surface area (Å²) in [5.74, 6) is 0.978. The molecule has 0 bridgehead atoms. The predicted octanol–water partition coefficient (Wildman–Crippen LogP) is 0.482. The summed E-state index contributed by atoms with van der Waals surface area (Å²) < 4.78 is 5.16. The van der Waals surface area contributed by atoms with Crippen LogP contribution >= 0.6 is 0 Å². The molecule has 1 unspecified atom stereocenters. The maximum absolute atomic E-state index is 12.2. The Balaban J connectivity index is 1.88. The van der Waals surface area contributed by atoms with E-state index in [-0.39, 0.29) is 18.6 Å². The van der Waals surface area contributed by atoms with Crippen molar-refractivity contribution >= 4 is 5.91 Å². The fraction of sp³-hybridized carbons (Fsp3) is 0.588. The maximum atomic E-state index is 12.2. The zero-order valence-electron chi connectivity index (χ0n) is 14.0. The van der Waals surface area contributed by atoms with Crippen molar-refractivity contribution in [2.24, 2.45) is 0 Å². The monoisotopic (exact) mass is 321 g/mol. The molecule has 0 radical (unpaired) electrons. The number of aliphatic hydroxyl groups is 1. The van der Waals surface area contributed by atoms with Gasteiger partial charge < -0.3 is 20.1 Å². The summed E-state index contributed by atoms with van der Waals surface area (Å²) in [5, 5.41) is 13.0. The zero-order chi connectivity index (χ0) is 16.7. The van der Waals surface area contributed by atoms with Gasteiger partial charge in [-0.25, -0.2) is 0 Å². The van der Waals surface area contributed by atoms with Gasteiger partial charge in [0.25, 0.3) is 0 Å². The highest BCUT2D eigenvalue weighted by atomic mass is 16.5. The van der Waals surface area contributed by atoms with Crippen LogP contribution in [0.25, 0.3) is 0 Å². The molecular formula is C17H27N3O3. The number of amides is 1. The first-order valence-corrected chi connectivity index (χ1v) is 8.09. The minimum atomic E-state index is -0.114. The molecule has 1 aliphatic rings. The normalized spacial score (nSPS) is 16.4. The molecule has 1 heterocycles. The fourth-order valence-electron chi connectivity index (χ4n) is 2.83. The van der Waals surface area contributed by atoms with E-state index >= 15 is 0 Å². The lowest BCUT2D eigenvalue weighted by molar-refractivity contribution is -0.132. The average Bonchev–Trinajstić information content (AvgIpc) is 2.61. The lowest BCUT2D eigenvalue weighted by Crippen LogP contribution is -2.47. The van der Waals surface area contributed by atoms with Gasteiger partial charge in [-0.15, -0.1) is 0 Å². The van der Waals surface area contributed by atoms with Crippen LogP contribution in [-0.4, -0.2) is 74.3 Å². The maximum Gasteiger partial charge on any atom is 0.223 e. The molecule has 1 saturated heterocycles. The number of piperazine rings is 1. The van der Waals surface area contributed by atoms with Crippen LogP contribution in [0.1, 0.15) is 18.0 Å². The van der Waals surface area contributed by atoms with Gasteiger partial charge in [-0.2, -0.15) is 0 Å². The zero-order valence-corrected chi connectivity index (χ0v) is 14.0. The van der Waals surface area contributed by atoms with Gasteiger partial charge in [0.2, 0.25) is 5.91 Å². The number of carbonyl (C=O) groups is 1. The lowest BCUT2D eigenvalue weighted by atomic mass is 10.1. The van der Waals surface area contributed by atoms with Gasteiger partial charge in [-0.1, -0.05) is 12.1 Å². The molecule has 2 rings (SSSR count). The number of hydrogen-bond donors (Lipinski definition) is 2. The summed E-state index contributed by atoms with van der Waals surface area (Å²) in [6, 6.07) is 7.56. The van der Waals surface area contributed by atoms with E-state index in [1.54, 1.807) is 7.11 Å². The van der Waals surface area contributed by atoms with Gasteiger partial charge in [0.05, 0.1) is 19.8 Å². The molecule has 1 fully saturated rings. The van der Waals surface area contributed by atoms with Gasteiger partial charge in [-0.3, -0.25) is 9.69 Å². The van der Waals surface area contributed by atoms with Crippen LogP contribution in [0.5, 0.6) is 5.75 Å². The molecule has 23 heavy (non-hydrogen) atoms. The summed E-state index contributed by atoms with van der Waals surface area (Å²) in [7, 11) is 3.57. The van der Waals surface area contributed by atoms with Crippen LogP contribution in [0.3, 0.4) is 0 Å². The Bertz CT molecular complexity index is 486. The van der Waals surface area contributed by atoms with Crippen molar-refractivity contribution in [1.29, 1.82) is 0 Å². The second-order valence-electron chi connectivity index (χ2n) is 5.83. The largest absolute Gasteiger partial charge is 0.497 e. The van der Waals surface area contributed by atoms with E-state index in [2.05, 4.69) is 5.32 Å². The highest BCUT2D eigenvalue weighted by Gasteiger charge is 2.20. The molecule has 1 aromatic carbocycles. The van der Waals surface area contributed by atoms with Crippen LogP contribution in [0, 0.1) is 0 Å². The molecule has 128 valence electrons. The van der Waals surface area contributed by atoms with E-state index < -0.39 is 0 Å². The summed E-state index contributed by atoms with van der Waals surface area (Å²) in [6.45, 7) is 3.94. The highest BCUT2D eigenvalue weighted by molar-refractivity contribution is 5.76. The molecular weight excluding hydrogens is 294 g/mol. The third-order valence-electron chi connectivity index (χ3n) is 4.35. The molecule has 1 aromatic rings. The Kier molecular flexibility index (Phi) is 6.83. The summed E-state index contributed by atoms with van der Waals surface area (Å²) in [4.78, 5) is 16.2. The molecule has 0 spiro atoms. The molecule has 1 atom stereocenters. The van der Waals surface area contributed by atoms with Crippen LogP contribution in [0.15, 0.2) is 24.3 Å². The molecule has 0 saturated carbocycles. The molecule has 1 amide bonds. The summed E-state index contributed by atoms with van der Waals surface area (Å²) in [5.41, 5.74) is 1.02. The Morgan fingerprint density at radius 2 is 2.00 bits per heavy atom. The second kappa shape index (κ2) is 8.86. The number of ether oxygens (including phenoxy) is 1. The standard InChI is InChI=1S/C17H27N3O3/c1-19(10-7-17(22)20-11-8-18-9-12-20)16(13-21)14-3-5-15(23-2)6-4-14/h3-6,16,18,21H,7-13H2,1-2H3. The topological polar surface area (TPSA) is 65.0 Å². The lowest BCUT2D eigenvalue weighted by Gasteiger charge is -2.30. The minimum Gasteiger partial charge on any atom is -0.497 e. The number of likely N-dealkylation sites (N-methyl/N-ethyl adjacent to an activating group) is 1. The number of benzene rings is 1. The first-order chi connectivity index (χ1) is 11.2. The van der Waals surface area contributed by atoms with Gasteiger partial charge in [0.15, 0.2) is 0 Å². The number of methoxy groups -OCH3 is 1. The van der Waals surface area contributed by atoms with Crippen molar-refractivity contribution in [3.8, 4) is 5.75 Å². The van der Waals surface area contributed by atoms with Crippen LogP contribution in [0.4, 0.5) is 0 Å².